The lowest BCUT2D eigenvalue weighted by Gasteiger charge is -2.48. The Hall–Kier alpha value is -2.56. The van der Waals surface area contributed by atoms with Crippen LogP contribution in [-0.4, -0.2) is 41.6 Å². The maximum absolute atomic E-state index is 13.0. The van der Waals surface area contributed by atoms with Gasteiger partial charge in [-0.1, -0.05) is 42.3 Å². The molecule has 3 aliphatic heterocycles. The van der Waals surface area contributed by atoms with Crippen LogP contribution in [0.2, 0.25) is 0 Å². The molecule has 0 N–H and O–H groups in total. The Morgan fingerprint density at radius 3 is 2.67 bits per heavy atom. The van der Waals surface area contributed by atoms with Crippen LogP contribution in [-0.2, 0) is 19.1 Å². The number of aryl methyl sites for hydroxylation is 1. The van der Waals surface area contributed by atoms with Gasteiger partial charge in [-0.3, -0.25) is 4.79 Å². The Labute approximate surface area is 177 Å². The molecule has 0 unspecified atom stereocenters. The van der Waals surface area contributed by atoms with Crippen molar-refractivity contribution in [3.05, 3.63) is 52.3 Å². The van der Waals surface area contributed by atoms with Gasteiger partial charge >= 0.3 is 5.97 Å². The van der Waals surface area contributed by atoms with Crippen molar-refractivity contribution in [2.45, 2.75) is 63.5 Å². The van der Waals surface area contributed by atoms with Crippen molar-refractivity contribution in [3.63, 3.8) is 0 Å². The van der Waals surface area contributed by atoms with E-state index in [0.717, 1.165) is 43.4 Å². The molecule has 1 saturated carbocycles. The van der Waals surface area contributed by atoms with Gasteiger partial charge in [-0.05, 0) is 56.6 Å². The maximum Gasteiger partial charge on any atom is 0.338 e. The third-order valence-electron chi connectivity index (χ3n) is 7.73. The van der Waals surface area contributed by atoms with Crippen molar-refractivity contribution in [2.75, 3.05) is 13.7 Å². The summed E-state index contributed by atoms with van der Waals surface area (Å²) >= 11 is 0. The van der Waals surface area contributed by atoms with E-state index in [0.29, 0.717) is 24.2 Å². The predicted octanol–water partition coefficient (Wildman–Crippen LogP) is 4.16. The number of benzene rings is 1. The molecule has 1 aliphatic carbocycles. The van der Waals surface area contributed by atoms with Crippen LogP contribution >= 0.6 is 0 Å². The van der Waals surface area contributed by atoms with E-state index in [-0.39, 0.29) is 17.8 Å². The summed E-state index contributed by atoms with van der Waals surface area (Å²) in [5.41, 5.74) is 2.29. The molecule has 1 amide bonds. The van der Waals surface area contributed by atoms with Crippen LogP contribution in [0.4, 0.5) is 0 Å². The Bertz CT molecular complexity index is 975. The summed E-state index contributed by atoms with van der Waals surface area (Å²) in [7, 11) is 1.62. The molecular weight excluding hydrogens is 378 g/mol. The van der Waals surface area contributed by atoms with E-state index < -0.39 is 11.1 Å². The number of amides is 1. The summed E-state index contributed by atoms with van der Waals surface area (Å²) in [6, 6.07) is 8.38. The zero-order valence-electron chi connectivity index (χ0n) is 18.0. The fraction of sp³-hybridized carbons (Fsp3) is 0.520. The highest BCUT2D eigenvalue weighted by atomic mass is 16.6. The first-order chi connectivity index (χ1) is 14.4. The van der Waals surface area contributed by atoms with Gasteiger partial charge in [-0.25, -0.2) is 4.79 Å². The minimum absolute atomic E-state index is 0.175. The first-order valence-corrected chi connectivity index (χ1v) is 11.0. The van der Waals surface area contributed by atoms with Gasteiger partial charge in [0.05, 0.1) is 18.2 Å². The molecule has 30 heavy (non-hydrogen) atoms. The predicted molar refractivity (Wildman–Crippen MR) is 113 cm³/mol. The van der Waals surface area contributed by atoms with E-state index in [1.165, 1.54) is 5.56 Å². The molecule has 0 radical (unpaired) electrons. The van der Waals surface area contributed by atoms with Crippen LogP contribution in [0.3, 0.4) is 0 Å². The van der Waals surface area contributed by atoms with E-state index in [4.69, 9.17) is 9.47 Å². The van der Waals surface area contributed by atoms with Gasteiger partial charge in [0.1, 0.15) is 0 Å². The molecule has 3 atom stereocenters. The first-order valence-electron chi connectivity index (χ1n) is 11.0. The van der Waals surface area contributed by atoms with Crippen molar-refractivity contribution in [1.29, 1.82) is 0 Å². The smallest absolute Gasteiger partial charge is 0.338 e. The number of esters is 1. The molecule has 5 rings (SSSR count). The van der Waals surface area contributed by atoms with Gasteiger partial charge in [0.2, 0.25) is 11.5 Å². The number of ether oxygens (including phenoxy) is 2. The van der Waals surface area contributed by atoms with E-state index >= 15 is 0 Å². The number of hydrogen-bond acceptors (Lipinski definition) is 4. The van der Waals surface area contributed by atoms with E-state index in [9.17, 15) is 9.59 Å². The largest absolute Gasteiger partial charge is 0.496 e. The third kappa shape index (κ3) is 2.35. The van der Waals surface area contributed by atoms with Gasteiger partial charge in [-0.2, -0.15) is 0 Å². The second kappa shape index (κ2) is 6.73. The fourth-order valence-corrected chi connectivity index (χ4v) is 6.49. The van der Waals surface area contributed by atoms with Crippen molar-refractivity contribution in [2.24, 2.45) is 5.92 Å². The molecule has 5 heteroatoms. The van der Waals surface area contributed by atoms with Crippen LogP contribution in [0.15, 0.2) is 41.2 Å². The zero-order valence-corrected chi connectivity index (χ0v) is 18.0. The summed E-state index contributed by atoms with van der Waals surface area (Å²) in [6.07, 6.45) is 7.29. The summed E-state index contributed by atoms with van der Waals surface area (Å²) in [5.74, 6) is 0.691. The Morgan fingerprint density at radius 2 is 1.93 bits per heavy atom. The number of methoxy groups -OCH3 is 1. The SMILES string of the molecule is COC1=C(C)C(=O)O[C@]12/C(=C/c1ccc(C)cc1)C[C@@H]1CCCCN3C(=O)CC[C@]132. The molecule has 5 nitrogen and oxygen atoms in total. The Balaban J connectivity index is 1.76. The third-order valence-corrected chi connectivity index (χ3v) is 7.73. The molecule has 4 aliphatic rings. The second-order valence-corrected chi connectivity index (χ2v) is 9.18. The van der Waals surface area contributed by atoms with Crippen LogP contribution in [0.1, 0.15) is 56.6 Å². The zero-order chi connectivity index (χ0) is 21.1. The number of nitrogens with zero attached hydrogens (tertiary/aromatic N) is 1. The monoisotopic (exact) mass is 407 g/mol. The molecule has 2 spiro atoms. The lowest BCUT2D eigenvalue weighted by Crippen LogP contribution is -2.63. The highest BCUT2D eigenvalue weighted by Gasteiger charge is 2.74. The quantitative estimate of drug-likeness (QED) is 0.691. The molecule has 158 valence electrons. The van der Waals surface area contributed by atoms with Gasteiger partial charge in [0, 0.05) is 13.0 Å². The van der Waals surface area contributed by atoms with E-state index in [2.05, 4.69) is 37.3 Å². The minimum Gasteiger partial charge on any atom is -0.496 e. The van der Waals surface area contributed by atoms with Crippen molar-refractivity contribution < 1.29 is 19.1 Å². The average molecular weight is 408 g/mol. The molecule has 1 aromatic carbocycles. The number of rotatable bonds is 2. The average Bonchev–Trinajstić information content (AvgIpc) is 3.22. The number of carbonyl (C=O) groups excluding carboxylic acids is 2. The molecule has 2 saturated heterocycles. The minimum atomic E-state index is -1.02. The van der Waals surface area contributed by atoms with Crippen molar-refractivity contribution in [1.82, 2.24) is 4.90 Å². The standard InChI is InChI=1S/C25H29NO4/c1-16-7-9-18(10-8-16)14-20-15-19-6-4-5-13-26-21(27)11-12-24(19,26)25(20)22(29-3)17(2)23(28)30-25/h7-10,14,19H,4-6,11-13,15H2,1-3H3/b20-14+/t19-,24+,25+/m0/s1. The van der Waals surface area contributed by atoms with Crippen LogP contribution in [0.5, 0.6) is 0 Å². The second-order valence-electron chi connectivity index (χ2n) is 9.18. The summed E-state index contributed by atoms with van der Waals surface area (Å²) in [6.45, 7) is 4.57. The molecular formula is C25H29NO4. The van der Waals surface area contributed by atoms with E-state index in [1.54, 1.807) is 14.0 Å². The lowest BCUT2D eigenvalue weighted by atomic mass is 9.72. The normalized spacial score (nSPS) is 34.4. The number of carbonyl (C=O) groups is 2. The van der Waals surface area contributed by atoms with Crippen LogP contribution in [0.25, 0.3) is 6.08 Å². The van der Waals surface area contributed by atoms with Gasteiger partial charge in [0.25, 0.3) is 0 Å². The van der Waals surface area contributed by atoms with Crippen LogP contribution in [0, 0.1) is 12.8 Å². The molecule has 3 heterocycles. The summed E-state index contributed by atoms with van der Waals surface area (Å²) in [5, 5.41) is 0. The number of hydrogen-bond donors (Lipinski definition) is 0. The Morgan fingerprint density at radius 1 is 1.17 bits per heavy atom. The van der Waals surface area contributed by atoms with Gasteiger partial charge in [0.15, 0.2) is 5.76 Å². The topological polar surface area (TPSA) is 55.8 Å². The Kier molecular flexibility index (Phi) is 4.35. The molecule has 0 aromatic heterocycles. The highest BCUT2D eigenvalue weighted by molar-refractivity contribution is 5.94. The molecule has 0 bridgehead atoms. The van der Waals surface area contributed by atoms with Gasteiger partial charge < -0.3 is 14.4 Å². The fourth-order valence-electron chi connectivity index (χ4n) is 6.49. The molecule has 3 fully saturated rings. The van der Waals surface area contributed by atoms with Crippen molar-refractivity contribution in [3.8, 4) is 0 Å². The first kappa shape index (κ1) is 19.4. The summed E-state index contributed by atoms with van der Waals surface area (Å²) < 4.78 is 12.2. The molecule has 1 aromatic rings. The van der Waals surface area contributed by atoms with Gasteiger partial charge in [-0.15, -0.1) is 0 Å². The maximum atomic E-state index is 13.0. The van der Waals surface area contributed by atoms with Crippen LogP contribution < -0.4 is 0 Å². The summed E-state index contributed by atoms with van der Waals surface area (Å²) in [4.78, 5) is 27.9. The van der Waals surface area contributed by atoms with Crippen molar-refractivity contribution >= 4 is 18.0 Å². The van der Waals surface area contributed by atoms with E-state index in [1.807, 2.05) is 4.90 Å². The highest BCUT2D eigenvalue weighted by Crippen LogP contribution is 2.64. The lowest BCUT2D eigenvalue weighted by molar-refractivity contribution is -0.161.